The Morgan fingerprint density at radius 1 is 1.06 bits per heavy atom. The molecule has 184 valence electrons. The first kappa shape index (κ1) is 25.1. The Labute approximate surface area is 212 Å². The Morgan fingerprint density at radius 2 is 1.78 bits per heavy atom. The van der Waals surface area contributed by atoms with Gasteiger partial charge in [-0.05, 0) is 49.6 Å². The van der Waals surface area contributed by atoms with Gasteiger partial charge in [-0.25, -0.2) is 4.98 Å². The van der Waals surface area contributed by atoms with Gasteiger partial charge in [0, 0.05) is 36.0 Å². The summed E-state index contributed by atoms with van der Waals surface area (Å²) >= 11 is 1.38. The number of hydrogen-bond donors (Lipinski definition) is 1. The van der Waals surface area contributed by atoms with E-state index in [-0.39, 0.29) is 23.2 Å². The van der Waals surface area contributed by atoms with Gasteiger partial charge >= 0.3 is 0 Å². The maximum atomic E-state index is 13.5. The topological polar surface area (TPSA) is 107 Å². The second kappa shape index (κ2) is 11.2. The van der Waals surface area contributed by atoms with Crippen molar-refractivity contribution in [2.75, 3.05) is 0 Å². The van der Waals surface area contributed by atoms with Crippen molar-refractivity contribution < 1.29 is 9.72 Å². The predicted octanol–water partition coefficient (Wildman–Crippen LogP) is 4.98. The molecular formula is C27H26N4O4S. The molecule has 4 rings (SSSR count). The molecule has 9 heteroatoms. The fraction of sp³-hybridized carbons (Fsp3) is 0.222. The van der Waals surface area contributed by atoms with Gasteiger partial charge in [0.1, 0.15) is 0 Å². The minimum Gasteiger partial charge on any atom is -0.350 e. The van der Waals surface area contributed by atoms with Crippen molar-refractivity contribution in [1.29, 1.82) is 0 Å². The Hall–Kier alpha value is -3.98. The lowest BCUT2D eigenvalue weighted by Gasteiger charge is -2.14. The molecule has 1 N–H and O–H groups in total. The first-order valence-corrected chi connectivity index (χ1v) is 12.6. The van der Waals surface area contributed by atoms with Crippen LogP contribution in [0.3, 0.4) is 0 Å². The van der Waals surface area contributed by atoms with Crippen LogP contribution >= 0.6 is 11.8 Å². The smallest absolute Gasteiger partial charge is 0.269 e. The van der Waals surface area contributed by atoms with Crippen molar-refractivity contribution in [3.63, 3.8) is 0 Å². The van der Waals surface area contributed by atoms with Crippen molar-refractivity contribution in [1.82, 2.24) is 14.9 Å². The van der Waals surface area contributed by atoms with Crippen LogP contribution in [-0.2, 0) is 18.7 Å². The van der Waals surface area contributed by atoms with Crippen molar-refractivity contribution >= 4 is 34.3 Å². The molecule has 8 nitrogen and oxygen atoms in total. The number of carbonyl (C=O) groups excluding carboxylic acids is 1. The number of amides is 1. The molecule has 3 aromatic carbocycles. The molecular weight excluding hydrogens is 476 g/mol. The Balaban J connectivity index is 1.69. The number of benzene rings is 3. The summed E-state index contributed by atoms with van der Waals surface area (Å²) in [5.41, 5.74) is 2.74. The van der Waals surface area contributed by atoms with Crippen LogP contribution in [0.4, 0.5) is 5.69 Å². The lowest BCUT2D eigenvalue weighted by Crippen LogP contribution is -2.30. The molecule has 0 radical (unpaired) electrons. The van der Waals surface area contributed by atoms with Gasteiger partial charge in [-0.1, -0.05) is 54.2 Å². The van der Waals surface area contributed by atoms with Crippen LogP contribution in [0.25, 0.3) is 10.9 Å². The summed E-state index contributed by atoms with van der Waals surface area (Å²) in [6.45, 7) is 4.22. The van der Waals surface area contributed by atoms with Crippen molar-refractivity contribution in [2.45, 2.75) is 43.8 Å². The number of carbonyl (C=O) groups is 1. The maximum absolute atomic E-state index is 13.5. The Kier molecular flexibility index (Phi) is 7.80. The number of nitro benzene ring substituents is 1. The summed E-state index contributed by atoms with van der Waals surface area (Å²) in [6, 6.07) is 21.2. The van der Waals surface area contributed by atoms with Gasteiger partial charge in [0.2, 0.25) is 0 Å². The third-order valence-corrected chi connectivity index (χ3v) is 6.63. The minimum absolute atomic E-state index is 0.0139. The fourth-order valence-corrected chi connectivity index (χ4v) is 4.72. The Morgan fingerprint density at radius 3 is 2.44 bits per heavy atom. The van der Waals surface area contributed by atoms with E-state index in [0.29, 0.717) is 40.3 Å². The third-order valence-electron chi connectivity index (χ3n) is 5.58. The van der Waals surface area contributed by atoms with E-state index in [4.69, 9.17) is 4.98 Å². The lowest BCUT2D eigenvalue weighted by atomic mass is 10.1. The predicted molar refractivity (Wildman–Crippen MR) is 141 cm³/mol. The number of hydrogen-bond acceptors (Lipinski definition) is 6. The molecule has 1 heterocycles. The van der Waals surface area contributed by atoms with Crippen LogP contribution in [-0.4, -0.2) is 26.4 Å². The van der Waals surface area contributed by atoms with E-state index in [0.717, 1.165) is 11.1 Å². The van der Waals surface area contributed by atoms with Crippen LogP contribution in [0.15, 0.2) is 82.7 Å². The second-order valence-corrected chi connectivity index (χ2v) is 9.60. The van der Waals surface area contributed by atoms with Gasteiger partial charge < -0.3 is 5.32 Å². The third kappa shape index (κ3) is 5.98. The summed E-state index contributed by atoms with van der Waals surface area (Å²) in [7, 11) is 0. The van der Waals surface area contributed by atoms with Crippen LogP contribution in [0.5, 0.6) is 0 Å². The SMILES string of the molecule is CC(C)NC(=O)c1ccc2c(=O)n(CCc3ccccc3)c(SCc3ccc([N+](=O)[O-])cc3)nc2c1. The normalized spacial score (nSPS) is 11.1. The van der Waals surface area contributed by atoms with E-state index < -0.39 is 4.92 Å². The highest BCUT2D eigenvalue weighted by Gasteiger charge is 2.15. The molecule has 0 atom stereocenters. The standard InChI is InChI=1S/C27H26N4O4S/c1-18(2)28-25(32)21-10-13-23-24(16-21)29-27(36-17-20-8-11-22(12-9-20)31(34)35)30(26(23)33)15-14-19-6-4-3-5-7-19/h3-13,16,18H,14-15,17H2,1-2H3,(H,28,32). The number of thioether (sulfide) groups is 1. The molecule has 0 aliphatic carbocycles. The summed E-state index contributed by atoms with van der Waals surface area (Å²) in [5, 5.41) is 14.8. The van der Waals surface area contributed by atoms with Crippen LogP contribution in [0.2, 0.25) is 0 Å². The maximum Gasteiger partial charge on any atom is 0.269 e. The van der Waals surface area contributed by atoms with E-state index in [1.54, 1.807) is 34.9 Å². The van der Waals surface area contributed by atoms with Gasteiger partial charge in [0.15, 0.2) is 5.16 Å². The molecule has 0 bridgehead atoms. The molecule has 0 unspecified atom stereocenters. The van der Waals surface area contributed by atoms with E-state index in [9.17, 15) is 19.7 Å². The first-order valence-electron chi connectivity index (χ1n) is 11.6. The Bertz CT molecular complexity index is 1450. The van der Waals surface area contributed by atoms with Crippen molar-refractivity contribution in [3.8, 4) is 0 Å². The van der Waals surface area contributed by atoms with E-state index >= 15 is 0 Å². The molecule has 36 heavy (non-hydrogen) atoms. The summed E-state index contributed by atoms with van der Waals surface area (Å²) < 4.78 is 1.67. The molecule has 0 aliphatic rings. The molecule has 0 saturated carbocycles. The summed E-state index contributed by atoms with van der Waals surface area (Å²) in [5.74, 6) is 0.261. The molecule has 0 spiro atoms. The monoisotopic (exact) mass is 502 g/mol. The summed E-state index contributed by atoms with van der Waals surface area (Å²) in [6.07, 6.45) is 0.661. The number of nitro groups is 1. The van der Waals surface area contributed by atoms with E-state index in [1.807, 2.05) is 44.2 Å². The number of fused-ring (bicyclic) bond motifs is 1. The van der Waals surface area contributed by atoms with Gasteiger partial charge in [0.25, 0.3) is 17.2 Å². The molecule has 0 fully saturated rings. The average Bonchev–Trinajstić information content (AvgIpc) is 2.87. The largest absolute Gasteiger partial charge is 0.350 e. The van der Waals surface area contributed by atoms with Crippen molar-refractivity contribution in [3.05, 3.63) is 110 Å². The number of aryl methyl sites for hydroxylation is 1. The number of non-ortho nitro benzene ring substituents is 1. The molecule has 0 aliphatic heterocycles. The average molecular weight is 503 g/mol. The van der Waals surface area contributed by atoms with Crippen LogP contribution in [0.1, 0.15) is 35.3 Å². The van der Waals surface area contributed by atoms with Crippen LogP contribution < -0.4 is 10.9 Å². The zero-order chi connectivity index (χ0) is 25.7. The number of rotatable bonds is 9. The first-order chi connectivity index (χ1) is 17.3. The highest BCUT2D eigenvalue weighted by atomic mass is 32.2. The second-order valence-electron chi connectivity index (χ2n) is 8.66. The molecule has 4 aromatic rings. The van der Waals surface area contributed by atoms with Gasteiger partial charge in [-0.2, -0.15) is 0 Å². The highest BCUT2D eigenvalue weighted by Crippen LogP contribution is 2.24. The molecule has 1 amide bonds. The van der Waals surface area contributed by atoms with Gasteiger partial charge in [-0.15, -0.1) is 0 Å². The zero-order valence-corrected chi connectivity index (χ0v) is 20.8. The van der Waals surface area contributed by atoms with E-state index in [1.165, 1.54) is 23.9 Å². The number of aromatic nitrogens is 2. The zero-order valence-electron chi connectivity index (χ0n) is 20.0. The number of nitrogens with one attached hydrogen (secondary N) is 1. The quantitative estimate of drug-likeness (QED) is 0.150. The van der Waals surface area contributed by atoms with Crippen LogP contribution in [0, 0.1) is 10.1 Å². The van der Waals surface area contributed by atoms with Gasteiger partial charge in [-0.3, -0.25) is 24.3 Å². The lowest BCUT2D eigenvalue weighted by molar-refractivity contribution is -0.384. The minimum atomic E-state index is -0.434. The van der Waals surface area contributed by atoms with Gasteiger partial charge in [0.05, 0.1) is 15.8 Å². The number of nitrogens with zero attached hydrogens (tertiary/aromatic N) is 3. The van der Waals surface area contributed by atoms with Crippen molar-refractivity contribution in [2.24, 2.45) is 0 Å². The summed E-state index contributed by atoms with van der Waals surface area (Å²) in [4.78, 5) is 41.3. The van der Waals surface area contributed by atoms with E-state index in [2.05, 4.69) is 5.32 Å². The molecule has 1 aromatic heterocycles. The molecule has 0 saturated heterocycles. The fourth-order valence-electron chi connectivity index (χ4n) is 3.74. The highest BCUT2D eigenvalue weighted by molar-refractivity contribution is 7.98.